The summed E-state index contributed by atoms with van der Waals surface area (Å²) in [5.41, 5.74) is 0.727. The number of hydrogen-bond donors (Lipinski definition) is 1. The van der Waals surface area contributed by atoms with E-state index in [0.717, 1.165) is 0 Å². The third kappa shape index (κ3) is 1.39. The highest BCUT2D eigenvalue weighted by Crippen LogP contribution is 2.59. The molecule has 0 aromatic heterocycles. The van der Waals surface area contributed by atoms with Crippen LogP contribution in [0.15, 0.2) is 0 Å². The van der Waals surface area contributed by atoms with Crippen LogP contribution < -0.4 is 0 Å². The molecule has 1 N–H and O–H groups in total. The molecule has 3 rings (SSSR count). The summed E-state index contributed by atoms with van der Waals surface area (Å²) >= 11 is 0. The van der Waals surface area contributed by atoms with Gasteiger partial charge in [-0.2, -0.15) is 0 Å². The Hall–Kier alpha value is -0.0400. The van der Waals surface area contributed by atoms with E-state index in [1.165, 1.54) is 70.6 Å². The zero-order valence-corrected chi connectivity index (χ0v) is 9.80. The molecule has 3 aliphatic carbocycles. The summed E-state index contributed by atoms with van der Waals surface area (Å²) in [5.74, 6) is 0. The van der Waals surface area contributed by atoms with E-state index in [0.29, 0.717) is 10.8 Å². The van der Waals surface area contributed by atoms with Gasteiger partial charge in [0, 0.05) is 0 Å². The summed E-state index contributed by atoms with van der Waals surface area (Å²) in [6.45, 7) is 0. The highest BCUT2D eigenvalue weighted by molar-refractivity contribution is 5.05. The Morgan fingerprint density at radius 2 is 0.933 bits per heavy atom. The van der Waals surface area contributed by atoms with Crippen molar-refractivity contribution in [2.24, 2.45) is 10.8 Å². The van der Waals surface area contributed by atoms with Crippen molar-refractivity contribution in [2.45, 2.75) is 76.7 Å². The van der Waals surface area contributed by atoms with Crippen LogP contribution in [-0.2, 0) is 0 Å². The molecule has 3 aliphatic rings. The highest BCUT2D eigenvalue weighted by atomic mass is 16.3. The van der Waals surface area contributed by atoms with Crippen LogP contribution in [0, 0.1) is 10.8 Å². The second kappa shape index (κ2) is 3.48. The molecule has 1 heteroatoms. The maximum Gasteiger partial charge on any atom is 0.0652 e. The van der Waals surface area contributed by atoms with Gasteiger partial charge in [0.1, 0.15) is 0 Å². The standard InChI is InChI=1S/C14H24O/c15-12-13(6-1-2-7-13)10-5-11-14(12)8-3-4-9-14/h12,15H,1-11H2. The van der Waals surface area contributed by atoms with Gasteiger partial charge in [0.05, 0.1) is 6.10 Å². The molecule has 0 aromatic rings. The van der Waals surface area contributed by atoms with Gasteiger partial charge in [-0.25, -0.2) is 0 Å². The first-order valence-electron chi connectivity index (χ1n) is 6.96. The lowest BCUT2D eigenvalue weighted by molar-refractivity contribution is -0.104. The largest absolute Gasteiger partial charge is 0.392 e. The highest BCUT2D eigenvalue weighted by Gasteiger charge is 2.54. The third-order valence-electron chi connectivity index (χ3n) is 5.71. The van der Waals surface area contributed by atoms with Gasteiger partial charge in [-0.1, -0.05) is 32.1 Å². The molecule has 0 aromatic carbocycles. The summed E-state index contributed by atoms with van der Waals surface area (Å²) in [5, 5.41) is 10.8. The van der Waals surface area contributed by atoms with Crippen molar-refractivity contribution >= 4 is 0 Å². The summed E-state index contributed by atoms with van der Waals surface area (Å²) < 4.78 is 0. The van der Waals surface area contributed by atoms with Crippen LogP contribution in [0.5, 0.6) is 0 Å². The van der Waals surface area contributed by atoms with Gasteiger partial charge >= 0.3 is 0 Å². The minimum atomic E-state index is 0.0451. The zero-order chi connectivity index (χ0) is 10.4. The van der Waals surface area contributed by atoms with Crippen molar-refractivity contribution in [3.05, 3.63) is 0 Å². The minimum Gasteiger partial charge on any atom is -0.392 e. The summed E-state index contributed by atoms with van der Waals surface area (Å²) in [6.07, 6.45) is 14.8. The van der Waals surface area contributed by atoms with Crippen molar-refractivity contribution in [1.29, 1.82) is 0 Å². The number of rotatable bonds is 0. The third-order valence-corrected chi connectivity index (χ3v) is 5.71. The van der Waals surface area contributed by atoms with Crippen molar-refractivity contribution in [3.8, 4) is 0 Å². The van der Waals surface area contributed by atoms with Crippen LogP contribution >= 0.6 is 0 Å². The number of hydrogen-bond acceptors (Lipinski definition) is 1. The fraction of sp³-hybridized carbons (Fsp3) is 1.00. The van der Waals surface area contributed by atoms with Crippen LogP contribution in [0.4, 0.5) is 0 Å². The van der Waals surface area contributed by atoms with E-state index in [1.54, 1.807) is 0 Å². The monoisotopic (exact) mass is 208 g/mol. The average Bonchev–Trinajstić information content (AvgIpc) is 2.86. The Labute approximate surface area is 93.3 Å². The zero-order valence-electron chi connectivity index (χ0n) is 9.80. The van der Waals surface area contributed by atoms with E-state index in [1.807, 2.05) is 0 Å². The quantitative estimate of drug-likeness (QED) is 0.644. The Bertz CT molecular complexity index is 210. The predicted octanol–water partition coefficient (Wildman–Crippen LogP) is 3.65. The van der Waals surface area contributed by atoms with Gasteiger partial charge in [-0.15, -0.1) is 0 Å². The van der Waals surface area contributed by atoms with Crippen LogP contribution in [0.25, 0.3) is 0 Å². The molecule has 1 nitrogen and oxygen atoms in total. The first-order valence-corrected chi connectivity index (χ1v) is 6.96. The van der Waals surface area contributed by atoms with E-state index >= 15 is 0 Å². The number of aliphatic hydroxyl groups is 1. The van der Waals surface area contributed by atoms with Gasteiger partial charge in [0.25, 0.3) is 0 Å². The molecule has 3 saturated carbocycles. The van der Waals surface area contributed by atoms with Crippen LogP contribution in [0.1, 0.15) is 70.6 Å². The Morgan fingerprint density at radius 3 is 1.33 bits per heavy atom. The molecule has 0 unspecified atom stereocenters. The molecule has 0 aliphatic heterocycles. The fourth-order valence-electron chi connectivity index (χ4n) is 4.92. The normalized spacial score (nSPS) is 34.2. The smallest absolute Gasteiger partial charge is 0.0652 e. The first-order chi connectivity index (χ1) is 7.28. The second-order valence-electron chi connectivity index (χ2n) is 6.40. The van der Waals surface area contributed by atoms with E-state index < -0.39 is 0 Å². The molecule has 0 atom stereocenters. The van der Waals surface area contributed by atoms with Gasteiger partial charge in [0.15, 0.2) is 0 Å². The lowest BCUT2D eigenvalue weighted by atomic mass is 9.58. The van der Waals surface area contributed by atoms with Gasteiger partial charge in [-0.05, 0) is 49.4 Å². The van der Waals surface area contributed by atoms with E-state index in [-0.39, 0.29) is 6.10 Å². The summed E-state index contributed by atoms with van der Waals surface area (Å²) in [4.78, 5) is 0. The molecular weight excluding hydrogens is 184 g/mol. The fourth-order valence-corrected chi connectivity index (χ4v) is 4.92. The lowest BCUT2D eigenvalue weighted by Crippen LogP contribution is -2.48. The predicted molar refractivity (Wildman–Crippen MR) is 61.7 cm³/mol. The Balaban J connectivity index is 1.86. The van der Waals surface area contributed by atoms with E-state index in [2.05, 4.69) is 0 Å². The van der Waals surface area contributed by atoms with Gasteiger partial charge in [0.2, 0.25) is 0 Å². The van der Waals surface area contributed by atoms with Crippen molar-refractivity contribution in [1.82, 2.24) is 0 Å². The molecule has 0 radical (unpaired) electrons. The van der Waals surface area contributed by atoms with E-state index in [9.17, 15) is 5.11 Å². The molecule has 3 fully saturated rings. The molecule has 0 saturated heterocycles. The maximum absolute atomic E-state index is 10.8. The van der Waals surface area contributed by atoms with Crippen molar-refractivity contribution < 1.29 is 5.11 Å². The summed E-state index contributed by atoms with van der Waals surface area (Å²) in [6, 6.07) is 0. The van der Waals surface area contributed by atoms with Gasteiger partial charge < -0.3 is 5.11 Å². The molecular formula is C14H24O. The molecule has 0 bridgehead atoms. The van der Waals surface area contributed by atoms with Gasteiger partial charge in [-0.3, -0.25) is 0 Å². The summed E-state index contributed by atoms with van der Waals surface area (Å²) in [7, 11) is 0. The van der Waals surface area contributed by atoms with Crippen LogP contribution in [0.2, 0.25) is 0 Å². The lowest BCUT2D eigenvalue weighted by Gasteiger charge is -2.50. The van der Waals surface area contributed by atoms with Crippen LogP contribution in [0.3, 0.4) is 0 Å². The molecule has 0 amide bonds. The molecule has 15 heavy (non-hydrogen) atoms. The van der Waals surface area contributed by atoms with E-state index in [4.69, 9.17) is 0 Å². The molecule has 0 heterocycles. The maximum atomic E-state index is 10.8. The van der Waals surface area contributed by atoms with Crippen molar-refractivity contribution in [3.63, 3.8) is 0 Å². The van der Waals surface area contributed by atoms with Crippen LogP contribution in [-0.4, -0.2) is 11.2 Å². The Morgan fingerprint density at radius 1 is 0.600 bits per heavy atom. The SMILES string of the molecule is OC1C2(CCCC2)CCCC12CCCC2. The average molecular weight is 208 g/mol. The minimum absolute atomic E-state index is 0.0451. The molecule has 86 valence electrons. The number of aliphatic hydroxyl groups excluding tert-OH is 1. The Kier molecular flexibility index (Phi) is 2.35. The second-order valence-corrected chi connectivity index (χ2v) is 6.40. The topological polar surface area (TPSA) is 20.2 Å². The molecule has 2 spiro atoms. The van der Waals surface area contributed by atoms with Crippen molar-refractivity contribution in [2.75, 3.05) is 0 Å². The first kappa shape index (κ1) is 10.1.